The Bertz CT molecular complexity index is 1400. The molecule has 7 nitrogen and oxygen atoms in total. The summed E-state index contributed by atoms with van der Waals surface area (Å²) in [6.45, 7) is 1.29. The lowest BCUT2D eigenvalue weighted by molar-refractivity contribution is -0.144. The van der Waals surface area contributed by atoms with Gasteiger partial charge in [0.2, 0.25) is 0 Å². The lowest BCUT2D eigenvalue weighted by Gasteiger charge is -2.23. The Morgan fingerprint density at radius 2 is 1.65 bits per heavy atom. The number of aromatic nitrogens is 2. The van der Waals surface area contributed by atoms with Crippen molar-refractivity contribution in [1.29, 1.82) is 0 Å². The molecule has 40 heavy (non-hydrogen) atoms. The molecule has 0 spiro atoms. The first-order valence-corrected chi connectivity index (χ1v) is 12.5. The summed E-state index contributed by atoms with van der Waals surface area (Å²) in [5, 5.41) is 9.17. The van der Waals surface area contributed by atoms with Crippen molar-refractivity contribution in [3.05, 3.63) is 76.2 Å². The summed E-state index contributed by atoms with van der Waals surface area (Å²) in [5.74, 6) is -0.621. The van der Waals surface area contributed by atoms with Crippen LogP contribution in [0.3, 0.4) is 0 Å². The zero-order valence-electron chi connectivity index (χ0n) is 21.4. The molecule has 3 aromatic rings. The number of benzene rings is 2. The van der Waals surface area contributed by atoms with E-state index in [9.17, 15) is 45.4 Å². The first kappa shape index (κ1) is 31.2. The van der Waals surface area contributed by atoms with Crippen molar-refractivity contribution in [3.8, 4) is 5.69 Å². The number of aliphatic hydroxyl groups excluding tert-OH is 1. The van der Waals surface area contributed by atoms with Gasteiger partial charge in [-0.15, -0.1) is 0 Å². The molecule has 218 valence electrons. The maximum Gasteiger partial charge on any atom is 0.417 e. The Morgan fingerprint density at radius 1 is 1.02 bits per heavy atom. The second-order valence-electron chi connectivity index (χ2n) is 8.98. The number of alkyl halides is 6. The van der Waals surface area contributed by atoms with Gasteiger partial charge < -0.3 is 14.9 Å². The molecule has 1 atom stereocenters. The SMILES string of the molecule is CCN(C(=O)Sc1c(-n2ccn(CC(O)CN(C)C)c2=O)cc(C(F)(F)F)cc1C(F)(F)F)c1ccc(F)cc1. The van der Waals surface area contributed by atoms with Gasteiger partial charge in [-0.2, -0.15) is 26.3 Å². The van der Waals surface area contributed by atoms with Gasteiger partial charge in [0.25, 0.3) is 5.24 Å². The molecule has 0 saturated heterocycles. The molecule has 1 amide bonds. The van der Waals surface area contributed by atoms with Crippen LogP contribution in [-0.2, 0) is 18.9 Å². The summed E-state index contributed by atoms with van der Waals surface area (Å²) >= 11 is -0.00923. The maximum atomic E-state index is 14.1. The number of nitrogens with zero attached hydrogens (tertiary/aromatic N) is 4. The summed E-state index contributed by atoms with van der Waals surface area (Å²) in [7, 11) is 3.31. The molecule has 15 heteroatoms. The van der Waals surface area contributed by atoms with E-state index in [0.29, 0.717) is 10.6 Å². The number of imidazole rings is 1. The highest BCUT2D eigenvalue weighted by atomic mass is 32.2. The fraction of sp³-hybridized carbons (Fsp3) is 0.360. The average molecular weight is 595 g/mol. The van der Waals surface area contributed by atoms with E-state index in [0.717, 1.165) is 34.0 Å². The summed E-state index contributed by atoms with van der Waals surface area (Å²) in [5.41, 5.74) is -5.14. The Balaban J connectivity index is 2.19. The lowest BCUT2D eigenvalue weighted by Crippen LogP contribution is -2.34. The Labute approximate surface area is 228 Å². The van der Waals surface area contributed by atoms with Crippen LogP contribution in [0.15, 0.2) is 58.5 Å². The number of carbonyl (C=O) groups excluding carboxylic acids is 1. The van der Waals surface area contributed by atoms with Gasteiger partial charge in [0.1, 0.15) is 5.82 Å². The summed E-state index contributed by atoms with van der Waals surface area (Å²) in [6.07, 6.45) is -9.53. The van der Waals surface area contributed by atoms with Crippen molar-refractivity contribution in [2.45, 2.75) is 36.8 Å². The first-order chi connectivity index (χ1) is 18.5. The van der Waals surface area contributed by atoms with E-state index in [4.69, 9.17) is 0 Å². The van der Waals surface area contributed by atoms with Crippen LogP contribution in [0.5, 0.6) is 0 Å². The summed E-state index contributed by atoms with van der Waals surface area (Å²) < 4.78 is 98.3. The standard InChI is InChI=1S/C25H25F7N4O3S/c1-4-35(17-7-5-16(26)6-8-17)23(39)40-21-19(25(30,31)32)11-15(24(27,28)29)12-20(21)36-10-9-34(22(36)38)14-18(37)13-33(2)3/h5-12,18,37H,4,13-14H2,1-3H3. The topological polar surface area (TPSA) is 70.7 Å². The van der Waals surface area contributed by atoms with Crippen LogP contribution in [0.25, 0.3) is 5.69 Å². The van der Waals surface area contributed by atoms with Crippen molar-refractivity contribution < 1.29 is 40.6 Å². The number of thioether (sulfide) groups is 1. The van der Waals surface area contributed by atoms with Crippen molar-refractivity contribution >= 4 is 22.7 Å². The molecule has 0 aliphatic rings. The molecule has 1 heterocycles. The van der Waals surface area contributed by atoms with Gasteiger partial charge in [-0.1, -0.05) is 0 Å². The highest BCUT2D eigenvalue weighted by Gasteiger charge is 2.41. The number of anilines is 1. The third-order valence-electron chi connectivity index (χ3n) is 5.66. The van der Waals surface area contributed by atoms with Crippen molar-refractivity contribution in [3.63, 3.8) is 0 Å². The third-order valence-corrected chi connectivity index (χ3v) is 6.68. The van der Waals surface area contributed by atoms with E-state index in [1.54, 1.807) is 19.0 Å². The van der Waals surface area contributed by atoms with Crippen LogP contribution in [0, 0.1) is 5.82 Å². The molecule has 0 saturated carbocycles. The number of rotatable bonds is 8. The number of amides is 1. The van der Waals surface area contributed by atoms with Gasteiger partial charge in [0.05, 0.1) is 34.4 Å². The largest absolute Gasteiger partial charge is 0.417 e. The fourth-order valence-electron chi connectivity index (χ4n) is 3.90. The minimum atomic E-state index is -5.33. The molecule has 1 N–H and O–H groups in total. The van der Waals surface area contributed by atoms with Crippen LogP contribution in [-0.4, -0.2) is 57.7 Å². The van der Waals surface area contributed by atoms with Gasteiger partial charge in [-0.3, -0.25) is 13.9 Å². The van der Waals surface area contributed by atoms with Gasteiger partial charge in [0.15, 0.2) is 0 Å². The van der Waals surface area contributed by atoms with Crippen molar-refractivity contribution in [1.82, 2.24) is 14.0 Å². The second-order valence-corrected chi connectivity index (χ2v) is 9.94. The van der Waals surface area contributed by atoms with Crippen LogP contribution in [0.4, 0.5) is 41.2 Å². The minimum absolute atomic E-state index is 0.00923. The highest BCUT2D eigenvalue weighted by molar-refractivity contribution is 8.14. The molecule has 0 aliphatic carbocycles. The summed E-state index contributed by atoms with van der Waals surface area (Å²) in [6, 6.07) is 4.76. The molecule has 0 bridgehead atoms. The smallest absolute Gasteiger partial charge is 0.390 e. The number of hydrogen-bond acceptors (Lipinski definition) is 5. The lowest BCUT2D eigenvalue weighted by atomic mass is 10.1. The Kier molecular flexibility index (Phi) is 9.42. The zero-order chi connectivity index (χ0) is 30.0. The van der Waals surface area contributed by atoms with Crippen molar-refractivity contribution in [2.75, 3.05) is 32.1 Å². The monoisotopic (exact) mass is 594 g/mol. The normalized spacial score (nSPS) is 13.1. The summed E-state index contributed by atoms with van der Waals surface area (Å²) in [4.78, 5) is 28.0. The van der Waals surface area contributed by atoms with Gasteiger partial charge >= 0.3 is 18.0 Å². The number of hydrogen-bond donors (Lipinski definition) is 1. The van der Waals surface area contributed by atoms with E-state index in [-0.39, 0.29) is 43.1 Å². The fourth-order valence-corrected chi connectivity index (χ4v) is 4.96. The Hall–Kier alpha value is -3.30. The molecule has 1 aromatic heterocycles. The Morgan fingerprint density at radius 3 is 2.17 bits per heavy atom. The highest BCUT2D eigenvalue weighted by Crippen LogP contribution is 2.44. The molecular formula is C25H25F7N4O3S. The number of carbonyl (C=O) groups is 1. The van der Waals surface area contributed by atoms with Gasteiger partial charge in [0, 0.05) is 31.2 Å². The predicted molar refractivity (Wildman–Crippen MR) is 135 cm³/mol. The van der Waals surface area contributed by atoms with E-state index in [1.807, 2.05) is 0 Å². The van der Waals surface area contributed by atoms with Crippen LogP contribution < -0.4 is 10.6 Å². The third kappa shape index (κ3) is 7.26. The number of likely N-dealkylation sites (N-methyl/N-ethyl adjacent to an activating group) is 1. The van der Waals surface area contributed by atoms with Crippen molar-refractivity contribution in [2.24, 2.45) is 0 Å². The zero-order valence-corrected chi connectivity index (χ0v) is 22.2. The molecule has 1 unspecified atom stereocenters. The van der Waals surface area contributed by atoms with Crippen LogP contribution >= 0.6 is 11.8 Å². The molecular weight excluding hydrogens is 569 g/mol. The minimum Gasteiger partial charge on any atom is -0.390 e. The van der Waals surface area contributed by atoms with Crippen LogP contribution in [0.2, 0.25) is 0 Å². The quantitative estimate of drug-likeness (QED) is 0.277. The molecule has 2 aromatic carbocycles. The predicted octanol–water partition coefficient (Wildman–Crippen LogP) is 5.48. The first-order valence-electron chi connectivity index (χ1n) is 11.7. The van der Waals surface area contributed by atoms with Crippen LogP contribution in [0.1, 0.15) is 18.1 Å². The molecule has 0 aliphatic heterocycles. The number of halogens is 7. The van der Waals surface area contributed by atoms with E-state index in [2.05, 4.69) is 0 Å². The second kappa shape index (κ2) is 12.1. The molecule has 3 rings (SSSR count). The van der Waals surface area contributed by atoms with E-state index >= 15 is 0 Å². The van der Waals surface area contributed by atoms with Gasteiger partial charge in [-0.25, -0.2) is 9.18 Å². The molecule has 0 fully saturated rings. The number of aliphatic hydroxyl groups is 1. The van der Waals surface area contributed by atoms with Gasteiger partial charge in [-0.05, 0) is 69.2 Å². The van der Waals surface area contributed by atoms with E-state index < -0.39 is 56.9 Å². The maximum absolute atomic E-state index is 14.1. The van der Waals surface area contributed by atoms with E-state index in [1.165, 1.54) is 19.1 Å². The average Bonchev–Trinajstić information content (AvgIpc) is 3.18. The molecule has 0 radical (unpaired) electrons.